The molecule has 6 nitrogen and oxygen atoms in total. The predicted octanol–water partition coefficient (Wildman–Crippen LogP) is 3.98. The van der Waals surface area contributed by atoms with E-state index in [-0.39, 0.29) is 17.9 Å². The largest absolute Gasteiger partial charge is 0.345 e. The first kappa shape index (κ1) is 17.4. The Labute approximate surface area is 158 Å². The van der Waals surface area contributed by atoms with Crippen molar-refractivity contribution in [3.05, 3.63) is 64.8 Å². The fourth-order valence-electron chi connectivity index (χ4n) is 3.42. The van der Waals surface area contributed by atoms with E-state index in [2.05, 4.69) is 32.6 Å². The summed E-state index contributed by atoms with van der Waals surface area (Å²) >= 11 is 0. The van der Waals surface area contributed by atoms with Crippen LogP contribution < -0.4 is 5.32 Å². The highest BCUT2D eigenvalue weighted by Crippen LogP contribution is 2.34. The lowest BCUT2D eigenvalue weighted by molar-refractivity contribution is 0.0936. The van der Waals surface area contributed by atoms with Crippen LogP contribution in [0.3, 0.4) is 0 Å². The molecule has 3 aromatic rings. The summed E-state index contributed by atoms with van der Waals surface area (Å²) in [5.74, 6) is 1.39. The van der Waals surface area contributed by atoms with E-state index in [0.717, 1.165) is 29.7 Å². The van der Waals surface area contributed by atoms with Crippen molar-refractivity contribution in [3.8, 4) is 11.4 Å². The van der Waals surface area contributed by atoms with Gasteiger partial charge in [0.25, 0.3) is 5.91 Å². The van der Waals surface area contributed by atoms with Crippen molar-refractivity contribution in [1.82, 2.24) is 20.4 Å². The lowest BCUT2D eigenvalue weighted by atomic mass is 10.0. The number of carbonyl (C=O) groups is 1. The average molecular weight is 362 g/mol. The second-order valence-electron chi connectivity index (χ2n) is 7.28. The molecule has 0 spiro atoms. The van der Waals surface area contributed by atoms with Gasteiger partial charge in [0.1, 0.15) is 0 Å². The zero-order valence-corrected chi connectivity index (χ0v) is 15.7. The van der Waals surface area contributed by atoms with E-state index in [0.29, 0.717) is 17.3 Å². The van der Waals surface area contributed by atoms with Crippen LogP contribution in [0.4, 0.5) is 0 Å². The quantitative estimate of drug-likeness (QED) is 0.759. The number of hydrogen-bond acceptors (Lipinski definition) is 5. The van der Waals surface area contributed by atoms with Gasteiger partial charge in [0.15, 0.2) is 0 Å². The van der Waals surface area contributed by atoms with Gasteiger partial charge in [-0.15, -0.1) is 0 Å². The van der Waals surface area contributed by atoms with Gasteiger partial charge in [-0.05, 0) is 49.1 Å². The van der Waals surface area contributed by atoms with Crippen LogP contribution in [0.25, 0.3) is 11.4 Å². The van der Waals surface area contributed by atoms with Crippen LogP contribution in [0.15, 0.2) is 41.1 Å². The monoisotopic (exact) mass is 362 g/mol. The van der Waals surface area contributed by atoms with Crippen LogP contribution in [0.1, 0.15) is 65.3 Å². The second kappa shape index (κ2) is 6.95. The normalized spacial score (nSPS) is 15.8. The number of amides is 1. The molecule has 2 heterocycles. The van der Waals surface area contributed by atoms with Crippen LogP contribution in [-0.4, -0.2) is 21.0 Å². The Bertz CT molecular complexity index is 993. The maximum Gasteiger partial charge on any atom is 0.251 e. The molecule has 138 valence electrons. The summed E-state index contributed by atoms with van der Waals surface area (Å²) in [5.41, 5.74) is 4.80. The summed E-state index contributed by atoms with van der Waals surface area (Å²) in [7, 11) is 0. The number of fused-ring (bicyclic) bond motifs is 1. The molecule has 1 N–H and O–H groups in total. The van der Waals surface area contributed by atoms with Crippen molar-refractivity contribution >= 4 is 5.91 Å². The number of nitrogens with zero attached hydrogens (tertiary/aromatic N) is 3. The van der Waals surface area contributed by atoms with Gasteiger partial charge < -0.3 is 9.84 Å². The van der Waals surface area contributed by atoms with Crippen molar-refractivity contribution in [2.24, 2.45) is 0 Å². The molecule has 27 heavy (non-hydrogen) atoms. The van der Waals surface area contributed by atoms with Crippen molar-refractivity contribution in [2.45, 2.75) is 45.6 Å². The summed E-state index contributed by atoms with van der Waals surface area (Å²) in [6, 6.07) is 9.72. The zero-order valence-electron chi connectivity index (χ0n) is 15.7. The number of pyridine rings is 1. The molecule has 1 aliphatic carbocycles. The Kier molecular flexibility index (Phi) is 4.48. The molecule has 4 rings (SSSR count). The van der Waals surface area contributed by atoms with Crippen molar-refractivity contribution in [1.29, 1.82) is 0 Å². The summed E-state index contributed by atoms with van der Waals surface area (Å²) < 4.78 is 5.31. The maximum absolute atomic E-state index is 12.5. The lowest BCUT2D eigenvalue weighted by Crippen LogP contribution is -2.27. The van der Waals surface area contributed by atoms with E-state index in [1.807, 2.05) is 26.8 Å². The minimum absolute atomic E-state index is 0.0199. The topological polar surface area (TPSA) is 80.9 Å². The first-order valence-electron chi connectivity index (χ1n) is 9.21. The molecule has 1 atom stereocenters. The van der Waals surface area contributed by atoms with Gasteiger partial charge in [-0.25, -0.2) is 0 Å². The van der Waals surface area contributed by atoms with Crippen LogP contribution >= 0.6 is 0 Å². The number of aromatic nitrogens is 3. The molecule has 1 aliphatic rings. The van der Waals surface area contributed by atoms with Crippen molar-refractivity contribution in [3.63, 3.8) is 0 Å². The molecular formula is C21H22N4O2. The zero-order chi connectivity index (χ0) is 19.0. The van der Waals surface area contributed by atoms with Crippen molar-refractivity contribution in [2.75, 3.05) is 0 Å². The molecule has 0 aliphatic heterocycles. The van der Waals surface area contributed by atoms with Gasteiger partial charge in [0, 0.05) is 28.9 Å². The van der Waals surface area contributed by atoms with Gasteiger partial charge in [-0.1, -0.05) is 31.1 Å². The number of hydrogen-bond donors (Lipinski definition) is 1. The van der Waals surface area contributed by atoms with Gasteiger partial charge in [-0.2, -0.15) is 4.98 Å². The number of carbonyl (C=O) groups excluding carboxylic acids is 1. The summed E-state index contributed by atoms with van der Waals surface area (Å²) in [6.45, 7) is 5.93. The molecule has 1 amide bonds. The summed E-state index contributed by atoms with van der Waals surface area (Å²) in [4.78, 5) is 21.2. The standard InChI is InChI=1S/C21H22N4O2/c1-12(2)21-24-19(25-27-21)15-4-6-17-14(11-15)5-7-18(17)23-20(26)16-8-9-22-13(3)10-16/h4,6,8-12,18H,5,7H2,1-3H3,(H,23,26). The first-order valence-corrected chi connectivity index (χ1v) is 9.21. The molecule has 2 aromatic heterocycles. The fourth-order valence-corrected chi connectivity index (χ4v) is 3.42. The van der Waals surface area contributed by atoms with Gasteiger partial charge >= 0.3 is 0 Å². The van der Waals surface area contributed by atoms with Crippen molar-refractivity contribution < 1.29 is 9.32 Å². The number of rotatable bonds is 4. The van der Waals surface area contributed by atoms with E-state index >= 15 is 0 Å². The molecule has 6 heteroatoms. The first-order chi connectivity index (χ1) is 13.0. The molecule has 0 saturated carbocycles. The fraction of sp³-hybridized carbons (Fsp3) is 0.333. The van der Waals surface area contributed by atoms with Gasteiger partial charge in [-0.3, -0.25) is 9.78 Å². The van der Waals surface area contributed by atoms with Crippen LogP contribution in [0.5, 0.6) is 0 Å². The molecule has 1 aromatic carbocycles. The Morgan fingerprint density at radius 2 is 2.11 bits per heavy atom. The van der Waals surface area contributed by atoms with Gasteiger partial charge in [0.2, 0.25) is 11.7 Å². The van der Waals surface area contributed by atoms with E-state index in [9.17, 15) is 4.79 Å². The van der Waals surface area contributed by atoms with Crippen LogP contribution in [-0.2, 0) is 6.42 Å². The molecular weight excluding hydrogens is 340 g/mol. The molecule has 0 saturated heterocycles. The Balaban J connectivity index is 1.53. The van der Waals surface area contributed by atoms with Crippen LogP contribution in [0.2, 0.25) is 0 Å². The highest BCUT2D eigenvalue weighted by Gasteiger charge is 2.25. The van der Waals surface area contributed by atoms with E-state index in [1.54, 1.807) is 18.3 Å². The Hall–Kier alpha value is -3.02. The molecule has 0 radical (unpaired) electrons. The molecule has 1 unspecified atom stereocenters. The number of benzene rings is 1. The number of aryl methyl sites for hydroxylation is 2. The minimum atomic E-state index is -0.0674. The number of nitrogens with one attached hydrogen (secondary N) is 1. The Morgan fingerprint density at radius 1 is 1.26 bits per heavy atom. The maximum atomic E-state index is 12.5. The third-order valence-corrected chi connectivity index (χ3v) is 4.88. The third-order valence-electron chi connectivity index (χ3n) is 4.88. The summed E-state index contributed by atoms with van der Waals surface area (Å²) in [5, 5.41) is 7.23. The second-order valence-corrected chi connectivity index (χ2v) is 7.28. The molecule has 0 fully saturated rings. The smallest absolute Gasteiger partial charge is 0.251 e. The predicted molar refractivity (Wildman–Crippen MR) is 101 cm³/mol. The van der Waals surface area contributed by atoms with Crippen LogP contribution in [0, 0.1) is 6.92 Å². The highest BCUT2D eigenvalue weighted by molar-refractivity contribution is 5.94. The minimum Gasteiger partial charge on any atom is -0.345 e. The van der Waals surface area contributed by atoms with E-state index in [4.69, 9.17) is 4.52 Å². The van der Waals surface area contributed by atoms with Gasteiger partial charge in [0.05, 0.1) is 6.04 Å². The Morgan fingerprint density at radius 3 is 2.85 bits per heavy atom. The van der Waals surface area contributed by atoms with E-state index in [1.165, 1.54) is 5.56 Å². The average Bonchev–Trinajstić information content (AvgIpc) is 3.29. The third kappa shape index (κ3) is 3.47. The SMILES string of the molecule is Cc1cc(C(=O)NC2CCc3cc(-c4noc(C(C)C)n4)ccc32)ccn1. The van der Waals surface area contributed by atoms with E-state index < -0.39 is 0 Å². The summed E-state index contributed by atoms with van der Waals surface area (Å²) in [6.07, 6.45) is 3.46. The highest BCUT2D eigenvalue weighted by atomic mass is 16.5. The lowest BCUT2D eigenvalue weighted by Gasteiger charge is -2.14. The molecule has 0 bridgehead atoms.